The van der Waals surface area contributed by atoms with Gasteiger partial charge < -0.3 is 11.1 Å². The molecule has 2 aromatic heterocycles. The maximum atomic E-state index is 13.5. The molecule has 3 aromatic rings. The van der Waals surface area contributed by atoms with Crippen molar-refractivity contribution in [2.75, 3.05) is 18.2 Å². The van der Waals surface area contributed by atoms with E-state index in [-0.39, 0.29) is 11.6 Å². The topological polar surface area (TPSA) is 72.4 Å². The molecule has 0 unspecified atom stereocenters. The summed E-state index contributed by atoms with van der Waals surface area (Å²) in [4.78, 5) is 15.1. The molecule has 0 atom stereocenters. The summed E-state index contributed by atoms with van der Waals surface area (Å²) in [5, 5.41) is 3.12. The molecule has 1 saturated carbocycles. The first-order chi connectivity index (χ1) is 12.6. The Bertz CT molecular complexity index is 888. The van der Waals surface area contributed by atoms with Crippen LogP contribution in [-0.2, 0) is 0 Å². The number of pyridine rings is 1. The first kappa shape index (κ1) is 19.4. The minimum Gasteiger partial charge on any atom is -0.382 e. The highest BCUT2D eigenvalue weighted by molar-refractivity contribution is 5.82. The van der Waals surface area contributed by atoms with Crippen molar-refractivity contribution in [1.82, 2.24) is 9.38 Å². The number of aromatic nitrogens is 2. The van der Waals surface area contributed by atoms with E-state index < -0.39 is 0 Å². The van der Waals surface area contributed by atoms with Gasteiger partial charge in [0.05, 0.1) is 12.9 Å². The van der Waals surface area contributed by atoms with E-state index in [1.165, 1.54) is 25.3 Å². The van der Waals surface area contributed by atoms with Gasteiger partial charge in [-0.2, -0.15) is 0 Å². The zero-order valence-corrected chi connectivity index (χ0v) is 14.8. The third-order valence-electron chi connectivity index (χ3n) is 3.70. The van der Waals surface area contributed by atoms with E-state index in [2.05, 4.69) is 10.3 Å². The lowest BCUT2D eigenvalue weighted by molar-refractivity contribution is 0.111. The molecule has 0 amide bonds. The van der Waals surface area contributed by atoms with Gasteiger partial charge in [0.2, 0.25) is 0 Å². The second-order valence-corrected chi connectivity index (χ2v) is 5.74. The van der Waals surface area contributed by atoms with Crippen LogP contribution in [0.25, 0.3) is 5.65 Å². The number of hydrogen-bond acceptors (Lipinski definition) is 4. The van der Waals surface area contributed by atoms with Crippen LogP contribution in [-0.4, -0.2) is 22.8 Å². The quantitative estimate of drug-likeness (QED) is 0.666. The van der Waals surface area contributed by atoms with E-state index in [9.17, 15) is 13.6 Å². The van der Waals surface area contributed by atoms with Crippen LogP contribution in [0.2, 0.25) is 0 Å². The lowest BCUT2D eigenvalue weighted by atomic mass is 10.2. The van der Waals surface area contributed by atoms with Crippen molar-refractivity contribution < 1.29 is 13.6 Å². The molecule has 5 nitrogen and oxygen atoms in total. The summed E-state index contributed by atoms with van der Waals surface area (Å²) in [6, 6.07) is 8.35. The van der Waals surface area contributed by atoms with Crippen molar-refractivity contribution in [2.24, 2.45) is 0 Å². The van der Waals surface area contributed by atoms with Crippen LogP contribution in [0.15, 0.2) is 36.5 Å². The van der Waals surface area contributed by atoms with Crippen LogP contribution in [0.5, 0.6) is 0 Å². The van der Waals surface area contributed by atoms with Crippen molar-refractivity contribution in [3.05, 3.63) is 53.6 Å². The zero-order chi connectivity index (χ0) is 19.1. The molecule has 1 fully saturated rings. The van der Waals surface area contributed by atoms with E-state index in [4.69, 9.17) is 5.73 Å². The summed E-state index contributed by atoms with van der Waals surface area (Å²) in [7, 11) is 0.500. The molecule has 1 aliphatic rings. The van der Waals surface area contributed by atoms with Gasteiger partial charge in [0.15, 0.2) is 12.1 Å². The fourth-order valence-corrected chi connectivity index (χ4v) is 2.17. The number of carbonyl (C=O) groups excluding carboxylic acids is 1. The molecule has 1 aliphatic carbocycles. The Morgan fingerprint density at radius 2 is 1.88 bits per heavy atom. The van der Waals surface area contributed by atoms with E-state index in [0.717, 1.165) is 0 Å². The van der Waals surface area contributed by atoms with Gasteiger partial charge in [-0.3, -0.25) is 13.6 Å². The number of aldehydes is 1. The van der Waals surface area contributed by atoms with Gasteiger partial charge in [-0.1, -0.05) is 25.3 Å². The first-order valence-electron chi connectivity index (χ1n) is 8.23. The normalized spacial score (nSPS) is 11.7. The Kier molecular flexibility index (Phi) is 6.66. The number of rotatable bonds is 3. The molecule has 2 heterocycles. The minimum absolute atomic E-state index is 0.184. The summed E-state index contributed by atoms with van der Waals surface area (Å²) in [5.74, 6) is -0.0920. The molecule has 0 spiro atoms. The van der Waals surface area contributed by atoms with Gasteiger partial charge in [-0.15, -0.1) is 0 Å². The molecule has 0 aliphatic heterocycles. The zero-order valence-electron chi connectivity index (χ0n) is 14.8. The number of halogens is 2. The summed E-state index contributed by atoms with van der Waals surface area (Å²) in [5.41, 5.74) is 8.45. The van der Waals surface area contributed by atoms with Crippen molar-refractivity contribution in [3.63, 3.8) is 0 Å². The van der Waals surface area contributed by atoms with E-state index in [1.54, 1.807) is 41.8 Å². The second-order valence-electron chi connectivity index (χ2n) is 5.74. The SMILES string of the molecule is C1CC1.CF.Cc1c(F)cccc1Nc1ccc2nc(N)c(C=O)n2c1. The van der Waals surface area contributed by atoms with E-state index >= 15 is 0 Å². The van der Waals surface area contributed by atoms with Crippen LogP contribution in [0.4, 0.5) is 26.0 Å². The first-order valence-corrected chi connectivity index (χ1v) is 8.23. The van der Waals surface area contributed by atoms with Gasteiger partial charge in [-0.05, 0) is 31.2 Å². The van der Waals surface area contributed by atoms with Crippen molar-refractivity contribution in [1.29, 1.82) is 0 Å². The van der Waals surface area contributed by atoms with Crippen molar-refractivity contribution in [2.45, 2.75) is 26.2 Å². The van der Waals surface area contributed by atoms with Crippen LogP contribution < -0.4 is 11.1 Å². The largest absolute Gasteiger partial charge is 0.382 e. The second kappa shape index (κ2) is 8.94. The molecule has 1 aromatic carbocycles. The predicted octanol–water partition coefficient (Wildman–Crippen LogP) is 4.68. The highest BCUT2D eigenvalue weighted by Gasteiger charge is 2.09. The lowest BCUT2D eigenvalue weighted by Crippen LogP contribution is -1.99. The summed E-state index contributed by atoms with van der Waals surface area (Å²) < 4.78 is 24.6. The Labute approximate surface area is 150 Å². The maximum Gasteiger partial charge on any atom is 0.170 e. The fraction of sp³-hybridized carbons (Fsp3) is 0.263. The van der Waals surface area contributed by atoms with E-state index in [1.807, 2.05) is 0 Å². The number of nitrogens with two attached hydrogens (primary N) is 1. The molecule has 26 heavy (non-hydrogen) atoms. The number of nitrogen functional groups attached to an aromatic ring is 1. The molecule has 138 valence electrons. The van der Waals surface area contributed by atoms with Gasteiger partial charge in [0, 0.05) is 17.4 Å². The highest BCUT2D eigenvalue weighted by atomic mass is 19.1. The fourth-order valence-electron chi connectivity index (χ4n) is 2.17. The summed E-state index contributed by atoms with van der Waals surface area (Å²) in [6.45, 7) is 1.70. The third-order valence-corrected chi connectivity index (χ3v) is 3.70. The summed E-state index contributed by atoms with van der Waals surface area (Å²) in [6.07, 6.45) is 6.86. The molecule has 0 radical (unpaired) electrons. The molecule has 4 rings (SSSR count). The average Bonchev–Trinajstić information content (AvgIpc) is 3.49. The van der Waals surface area contributed by atoms with E-state index in [0.29, 0.717) is 41.7 Å². The third kappa shape index (κ3) is 4.56. The number of nitrogens with one attached hydrogen (secondary N) is 1. The number of hydrogen-bond donors (Lipinski definition) is 2. The van der Waals surface area contributed by atoms with Crippen LogP contribution >= 0.6 is 0 Å². The smallest absolute Gasteiger partial charge is 0.170 e. The number of nitrogens with zero attached hydrogens (tertiary/aromatic N) is 2. The average molecular weight is 360 g/mol. The van der Waals surface area contributed by atoms with Crippen LogP contribution in [0.3, 0.4) is 0 Å². The molecule has 0 saturated heterocycles. The number of imidazole rings is 1. The van der Waals surface area contributed by atoms with Crippen molar-refractivity contribution >= 4 is 29.1 Å². The Balaban J connectivity index is 0.000000429. The van der Waals surface area contributed by atoms with Crippen LogP contribution in [0.1, 0.15) is 35.3 Å². The molecule has 3 N–H and O–H groups in total. The Morgan fingerprint density at radius 1 is 1.19 bits per heavy atom. The van der Waals surface area contributed by atoms with Crippen LogP contribution in [0, 0.1) is 12.7 Å². The Hall–Kier alpha value is -2.96. The van der Waals surface area contributed by atoms with Gasteiger partial charge >= 0.3 is 0 Å². The molecular formula is C19H22F2N4O. The Morgan fingerprint density at radius 3 is 2.50 bits per heavy atom. The number of alkyl halides is 1. The number of fused-ring (bicyclic) bond motifs is 1. The van der Waals surface area contributed by atoms with Gasteiger partial charge in [0.1, 0.15) is 17.2 Å². The minimum atomic E-state index is -0.276. The lowest BCUT2D eigenvalue weighted by Gasteiger charge is -2.10. The standard InChI is InChI=1S/C15H13FN4O.C3H6.CH3F/c1-9-11(16)3-2-4-12(9)18-10-5-6-14-19-15(17)13(8-21)20(14)7-10;1-2-3-1;1-2/h2-8,18H,17H2,1H3;1-3H2;1H3. The molecule has 7 heteroatoms. The highest BCUT2D eigenvalue weighted by Crippen LogP contribution is 2.23. The number of benzene rings is 1. The van der Waals surface area contributed by atoms with Gasteiger partial charge in [0.25, 0.3) is 0 Å². The molecular weight excluding hydrogens is 338 g/mol. The number of anilines is 3. The maximum absolute atomic E-state index is 13.5. The molecule has 0 bridgehead atoms. The number of carbonyl (C=O) groups is 1. The van der Waals surface area contributed by atoms with Gasteiger partial charge in [-0.25, -0.2) is 9.37 Å². The monoisotopic (exact) mass is 360 g/mol. The van der Waals surface area contributed by atoms with Crippen molar-refractivity contribution in [3.8, 4) is 0 Å². The summed E-state index contributed by atoms with van der Waals surface area (Å²) >= 11 is 0. The predicted molar refractivity (Wildman–Crippen MR) is 100 cm³/mol.